The molecule has 0 bridgehead atoms. The summed E-state index contributed by atoms with van der Waals surface area (Å²) in [5.74, 6) is 0. The van der Waals surface area contributed by atoms with E-state index in [1.807, 2.05) is 6.92 Å². The Morgan fingerprint density at radius 2 is 1.91 bits per heavy atom. The van der Waals surface area contributed by atoms with Gasteiger partial charge in [-0.3, -0.25) is 0 Å². The maximum absolute atomic E-state index is 12.2. The third-order valence-electron chi connectivity index (χ3n) is 3.67. The summed E-state index contributed by atoms with van der Waals surface area (Å²) in [5.41, 5.74) is -0.288. The number of aliphatic hydroxyl groups is 1. The molecule has 0 saturated carbocycles. The first-order valence-corrected chi connectivity index (χ1v) is 7.99. The van der Waals surface area contributed by atoms with Crippen molar-refractivity contribution >= 4 is 34.9 Å². The molecule has 2 amide bonds. The third kappa shape index (κ3) is 4.74. The van der Waals surface area contributed by atoms with Crippen LogP contribution in [0.15, 0.2) is 18.2 Å². The van der Waals surface area contributed by atoms with Crippen molar-refractivity contribution in [1.29, 1.82) is 0 Å². The van der Waals surface area contributed by atoms with E-state index in [-0.39, 0.29) is 6.03 Å². The number of carbonyl (C=O) groups excluding carboxylic acids is 1. The number of carbonyl (C=O) groups is 1. The summed E-state index contributed by atoms with van der Waals surface area (Å²) in [6.45, 7) is 3.72. The van der Waals surface area contributed by atoms with Gasteiger partial charge < -0.3 is 20.1 Å². The molecule has 1 fully saturated rings. The second-order valence-corrected chi connectivity index (χ2v) is 6.31. The molecule has 0 aromatic heterocycles. The molecule has 1 saturated heterocycles. The molecule has 1 aromatic rings. The minimum Gasteiger partial charge on any atom is -0.387 e. The van der Waals surface area contributed by atoms with Crippen molar-refractivity contribution in [3.05, 3.63) is 28.2 Å². The number of nitrogens with zero attached hydrogens (tertiary/aromatic N) is 1. The van der Waals surface area contributed by atoms with Gasteiger partial charge in [-0.05, 0) is 38.0 Å². The van der Waals surface area contributed by atoms with Crippen LogP contribution in [-0.2, 0) is 4.74 Å². The molecule has 5 nitrogen and oxygen atoms in total. The van der Waals surface area contributed by atoms with Crippen LogP contribution in [0, 0.1) is 0 Å². The Labute approximate surface area is 140 Å². The van der Waals surface area contributed by atoms with Crippen molar-refractivity contribution in [2.24, 2.45) is 0 Å². The summed E-state index contributed by atoms with van der Waals surface area (Å²) in [7, 11) is 0. The van der Waals surface area contributed by atoms with E-state index in [4.69, 9.17) is 27.9 Å². The summed E-state index contributed by atoms with van der Waals surface area (Å²) >= 11 is 11.8. The SMILES string of the molecule is CCOCC1(O)CCN(C(=O)Nc2cc(Cl)cc(Cl)c2)CC1. The van der Waals surface area contributed by atoms with Crippen molar-refractivity contribution in [3.63, 3.8) is 0 Å². The Kier molecular flexibility index (Phi) is 5.92. The predicted molar refractivity (Wildman–Crippen MR) is 87.7 cm³/mol. The monoisotopic (exact) mass is 346 g/mol. The van der Waals surface area contributed by atoms with Crippen molar-refractivity contribution < 1.29 is 14.6 Å². The van der Waals surface area contributed by atoms with Crippen LogP contribution < -0.4 is 5.32 Å². The van der Waals surface area contributed by atoms with Crippen LogP contribution in [0.2, 0.25) is 10.0 Å². The highest BCUT2D eigenvalue weighted by molar-refractivity contribution is 6.35. The largest absolute Gasteiger partial charge is 0.387 e. The van der Waals surface area contributed by atoms with Crippen LogP contribution in [0.3, 0.4) is 0 Å². The molecule has 2 N–H and O–H groups in total. The van der Waals surface area contributed by atoms with Crippen LogP contribution in [0.4, 0.5) is 10.5 Å². The maximum atomic E-state index is 12.2. The number of urea groups is 1. The molecule has 0 radical (unpaired) electrons. The molecule has 0 atom stereocenters. The van der Waals surface area contributed by atoms with E-state index in [2.05, 4.69) is 5.32 Å². The molecular formula is C15H20Cl2N2O3. The second-order valence-electron chi connectivity index (χ2n) is 5.44. The van der Waals surface area contributed by atoms with Crippen molar-refractivity contribution in [1.82, 2.24) is 4.90 Å². The molecule has 1 heterocycles. The van der Waals surface area contributed by atoms with E-state index in [1.165, 1.54) is 0 Å². The molecule has 122 valence electrons. The van der Waals surface area contributed by atoms with E-state index in [0.29, 0.717) is 54.9 Å². The van der Waals surface area contributed by atoms with Crippen molar-refractivity contribution in [2.75, 3.05) is 31.6 Å². The fourth-order valence-electron chi connectivity index (χ4n) is 2.39. The summed E-state index contributed by atoms with van der Waals surface area (Å²) in [5, 5.41) is 14.0. The number of ether oxygens (including phenoxy) is 1. The normalized spacial score (nSPS) is 17.4. The molecule has 1 aromatic carbocycles. The van der Waals surface area contributed by atoms with Gasteiger partial charge in [0, 0.05) is 35.4 Å². The number of anilines is 1. The highest BCUT2D eigenvalue weighted by Crippen LogP contribution is 2.25. The highest BCUT2D eigenvalue weighted by Gasteiger charge is 2.34. The number of amides is 2. The molecule has 22 heavy (non-hydrogen) atoms. The van der Waals surface area contributed by atoms with Gasteiger partial charge in [0.15, 0.2) is 0 Å². The lowest BCUT2D eigenvalue weighted by atomic mass is 9.92. The average Bonchev–Trinajstić information content (AvgIpc) is 2.45. The molecule has 0 unspecified atom stereocenters. The summed E-state index contributed by atoms with van der Waals surface area (Å²) < 4.78 is 5.30. The van der Waals surface area contributed by atoms with Crippen LogP contribution >= 0.6 is 23.2 Å². The lowest BCUT2D eigenvalue weighted by Crippen LogP contribution is -2.50. The maximum Gasteiger partial charge on any atom is 0.321 e. The van der Waals surface area contributed by atoms with Gasteiger partial charge in [0.25, 0.3) is 0 Å². The van der Waals surface area contributed by atoms with Crippen LogP contribution in [0.1, 0.15) is 19.8 Å². The number of piperidine rings is 1. The molecule has 0 spiro atoms. The van der Waals surface area contributed by atoms with Gasteiger partial charge in [-0.1, -0.05) is 23.2 Å². The Hall–Kier alpha value is -1.01. The van der Waals surface area contributed by atoms with E-state index in [1.54, 1.807) is 23.1 Å². The zero-order valence-electron chi connectivity index (χ0n) is 12.4. The molecule has 0 aliphatic carbocycles. The number of hydrogen-bond acceptors (Lipinski definition) is 3. The molecular weight excluding hydrogens is 327 g/mol. The first kappa shape index (κ1) is 17.3. The summed E-state index contributed by atoms with van der Waals surface area (Å²) in [4.78, 5) is 13.9. The quantitative estimate of drug-likeness (QED) is 0.878. The van der Waals surface area contributed by atoms with Gasteiger partial charge >= 0.3 is 6.03 Å². The third-order valence-corrected chi connectivity index (χ3v) is 4.11. The number of hydrogen-bond donors (Lipinski definition) is 2. The van der Waals surface area contributed by atoms with E-state index in [9.17, 15) is 9.90 Å². The van der Waals surface area contributed by atoms with E-state index < -0.39 is 5.60 Å². The molecule has 2 rings (SSSR count). The topological polar surface area (TPSA) is 61.8 Å². The van der Waals surface area contributed by atoms with Gasteiger partial charge in [0.1, 0.15) is 0 Å². The first-order valence-electron chi connectivity index (χ1n) is 7.24. The fraction of sp³-hybridized carbons (Fsp3) is 0.533. The number of benzene rings is 1. The van der Waals surface area contributed by atoms with Gasteiger partial charge in [-0.15, -0.1) is 0 Å². The molecule has 1 aliphatic rings. The van der Waals surface area contributed by atoms with Gasteiger partial charge in [0.2, 0.25) is 0 Å². The van der Waals surface area contributed by atoms with Crippen LogP contribution in [0.25, 0.3) is 0 Å². The van der Waals surface area contributed by atoms with Crippen LogP contribution in [0.5, 0.6) is 0 Å². The Morgan fingerprint density at radius 1 is 1.32 bits per heavy atom. The zero-order chi connectivity index (χ0) is 16.2. The number of likely N-dealkylation sites (tertiary alicyclic amines) is 1. The zero-order valence-corrected chi connectivity index (χ0v) is 14.0. The number of nitrogens with one attached hydrogen (secondary N) is 1. The Morgan fingerprint density at radius 3 is 2.45 bits per heavy atom. The Balaban J connectivity index is 1.89. The lowest BCUT2D eigenvalue weighted by molar-refractivity contribution is -0.0734. The van der Waals surface area contributed by atoms with Crippen molar-refractivity contribution in [2.45, 2.75) is 25.4 Å². The predicted octanol–water partition coefficient (Wildman–Crippen LogP) is 3.39. The highest BCUT2D eigenvalue weighted by atomic mass is 35.5. The average molecular weight is 347 g/mol. The number of halogens is 2. The summed E-state index contributed by atoms with van der Waals surface area (Å²) in [6, 6.07) is 4.66. The van der Waals surface area contributed by atoms with E-state index in [0.717, 1.165) is 0 Å². The first-order chi connectivity index (χ1) is 10.4. The van der Waals surface area contributed by atoms with E-state index >= 15 is 0 Å². The minimum atomic E-state index is -0.841. The molecule has 7 heteroatoms. The lowest BCUT2D eigenvalue weighted by Gasteiger charge is -2.37. The van der Waals surface area contributed by atoms with Gasteiger partial charge in [-0.2, -0.15) is 0 Å². The molecule has 1 aliphatic heterocycles. The summed E-state index contributed by atoms with van der Waals surface area (Å²) in [6.07, 6.45) is 0.993. The second kappa shape index (κ2) is 7.51. The van der Waals surface area contributed by atoms with Gasteiger partial charge in [0.05, 0.1) is 12.2 Å². The van der Waals surface area contributed by atoms with Gasteiger partial charge in [-0.25, -0.2) is 4.79 Å². The minimum absolute atomic E-state index is 0.225. The standard InChI is InChI=1S/C15H20Cl2N2O3/c1-2-22-10-15(21)3-5-19(6-4-15)14(20)18-13-8-11(16)7-12(17)9-13/h7-9,21H,2-6,10H2,1H3,(H,18,20). The smallest absolute Gasteiger partial charge is 0.321 e. The number of rotatable bonds is 4. The van der Waals surface area contributed by atoms with Crippen LogP contribution in [-0.4, -0.2) is 47.9 Å². The Bertz CT molecular complexity index is 511. The van der Waals surface area contributed by atoms with Crippen molar-refractivity contribution in [3.8, 4) is 0 Å². The fourth-order valence-corrected chi connectivity index (χ4v) is 2.92.